The van der Waals surface area contributed by atoms with Gasteiger partial charge in [-0.25, -0.2) is 4.79 Å². The number of hydrogen-bond acceptors (Lipinski definition) is 8. The highest BCUT2D eigenvalue weighted by molar-refractivity contribution is 5.95. The molecule has 3 aromatic rings. The zero-order chi connectivity index (χ0) is 32.9. The summed E-state index contributed by atoms with van der Waals surface area (Å²) < 4.78 is 0. The summed E-state index contributed by atoms with van der Waals surface area (Å²) in [6.45, 7) is 0.444. The van der Waals surface area contributed by atoms with Crippen LogP contribution >= 0.6 is 0 Å². The number of H-pyrrole nitrogens is 1. The van der Waals surface area contributed by atoms with E-state index in [9.17, 15) is 34.2 Å². The molecule has 45 heavy (non-hydrogen) atoms. The molecule has 0 aliphatic rings. The second-order valence-corrected chi connectivity index (χ2v) is 10.8. The number of nitrogens with two attached hydrogens (primary N) is 2. The van der Waals surface area contributed by atoms with E-state index < -0.39 is 60.2 Å². The van der Waals surface area contributed by atoms with Crippen LogP contribution < -0.4 is 27.4 Å². The van der Waals surface area contributed by atoms with Gasteiger partial charge in [0, 0.05) is 36.4 Å². The van der Waals surface area contributed by atoms with Crippen LogP contribution in [0.1, 0.15) is 43.2 Å². The summed E-state index contributed by atoms with van der Waals surface area (Å²) in [6, 6.07) is 8.39. The van der Waals surface area contributed by atoms with Crippen LogP contribution in [0.2, 0.25) is 0 Å². The molecule has 242 valence electrons. The third kappa shape index (κ3) is 10.6. The van der Waals surface area contributed by atoms with E-state index >= 15 is 0 Å². The molecule has 0 saturated carbocycles. The summed E-state index contributed by atoms with van der Waals surface area (Å²) in [5, 5.41) is 36.8. The minimum Gasteiger partial charge on any atom is -0.508 e. The molecule has 0 saturated heterocycles. The lowest BCUT2D eigenvalue weighted by Gasteiger charge is -2.25. The van der Waals surface area contributed by atoms with Crippen LogP contribution in [0.25, 0.3) is 10.9 Å². The first-order valence-electron chi connectivity index (χ1n) is 14.6. The Morgan fingerprint density at radius 2 is 1.40 bits per heavy atom. The maximum absolute atomic E-state index is 13.8. The van der Waals surface area contributed by atoms with Gasteiger partial charge >= 0.3 is 11.9 Å². The Kier molecular flexibility index (Phi) is 12.9. The highest BCUT2D eigenvalue weighted by atomic mass is 16.4. The highest BCUT2D eigenvalue weighted by Crippen LogP contribution is 2.20. The number of aliphatic carboxylic acids is 2. The van der Waals surface area contributed by atoms with Gasteiger partial charge < -0.3 is 47.7 Å². The van der Waals surface area contributed by atoms with Gasteiger partial charge in [0.1, 0.15) is 23.9 Å². The van der Waals surface area contributed by atoms with Gasteiger partial charge in [-0.3, -0.25) is 19.2 Å². The lowest BCUT2D eigenvalue weighted by atomic mass is 10.0. The topological polar surface area (TPSA) is 250 Å². The number of aromatic amines is 1. The normalized spacial score (nSPS) is 13.7. The van der Waals surface area contributed by atoms with Crippen LogP contribution in [-0.2, 0) is 36.8 Å². The standard InChI is InChI=1S/C31H40N6O8/c32-14-4-3-6-22(33)28(41)36-25(15-18-8-10-20(38)11-9-18)29(42)37-26(16-19-17-34-23-7-2-1-5-21(19)23)30(43)35-24(31(44)45)12-13-27(39)40/h1-2,5,7-11,17,22,24-26,34,38H,3-4,6,12-16,32-33H2,(H,35,43)(H,36,41)(H,37,42)(H,39,40)(H,44,45). The van der Waals surface area contributed by atoms with Gasteiger partial charge in [0.05, 0.1) is 6.04 Å². The summed E-state index contributed by atoms with van der Waals surface area (Å²) in [7, 11) is 0. The van der Waals surface area contributed by atoms with Crippen molar-refractivity contribution in [2.75, 3.05) is 6.54 Å². The predicted molar refractivity (Wildman–Crippen MR) is 165 cm³/mol. The van der Waals surface area contributed by atoms with Crippen molar-refractivity contribution >= 4 is 40.6 Å². The number of aromatic nitrogens is 1. The third-order valence-electron chi connectivity index (χ3n) is 7.31. The van der Waals surface area contributed by atoms with E-state index in [1.165, 1.54) is 12.1 Å². The first kappa shape index (κ1) is 34.5. The number of phenolic OH excluding ortho intramolecular Hbond substituents is 1. The largest absolute Gasteiger partial charge is 0.508 e. The van der Waals surface area contributed by atoms with Gasteiger partial charge in [0.15, 0.2) is 0 Å². The maximum Gasteiger partial charge on any atom is 0.326 e. The van der Waals surface area contributed by atoms with Crippen LogP contribution in [0.4, 0.5) is 0 Å². The van der Waals surface area contributed by atoms with Crippen molar-refractivity contribution in [2.45, 2.75) is 69.1 Å². The smallest absolute Gasteiger partial charge is 0.326 e. The van der Waals surface area contributed by atoms with E-state index in [1.54, 1.807) is 24.4 Å². The molecule has 1 heterocycles. The number of rotatable bonds is 18. The molecule has 0 aliphatic carbocycles. The lowest BCUT2D eigenvalue weighted by Crippen LogP contribution is -2.58. The van der Waals surface area contributed by atoms with Crippen molar-refractivity contribution in [3.8, 4) is 5.75 Å². The van der Waals surface area contributed by atoms with Crippen molar-refractivity contribution in [3.05, 3.63) is 65.9 Å². The van der Waals surface area contributed by atoms with E-state index in [-0.39, 0.29) is 25.0 Å². The molecular weight excluding hydrogens is 584 g/mol. The van der Waals surface area contributed by atoms with Crippen LogP contribution in [0.15, 0.2) is 54.7 Å². The maximum atomic E-state index is 13.8. The van der Waals surface area contributed by atoms with Gasteiger partial charge in [-0.05, 0) is 55.1 Å². The second-order valence-electron chi connectivity index (χ2n) is 10.8. The van der Waals surface area contributed by atoms with Crippen molar-refractivity contribution in [2.24, 2.45) is 11.5 Å². The highest BCUT2D eigenvalue weighted by Gasteiger charge is 2.31. The van der Waals surface area contributed by atoms with Crippen molar-refractivity contribution in [3.63, 3.8) is 0 Å². The van der Waals surface area contributed by atoms with E-state index in [2.05, 4.69) is 20.9 Å². The summed E-state index contributed by atoms with van der Waals surface area (Å²) >= 11 is 0. The molecule has 4 atom stereocenters. The second kappa shape index (κ2) is 16.8. The molecule has 0 radical (unpaired) electrons. The number of carbonyl (C=O) groups excluding carboxylic acids is 3. The average Bonchev–Trinajstić information content (AvgIpc) is 3.41. The monoisotopic (exact) mass is 624 g/mol. The number of unbranched alkanes of at least 4 members (excludes halogenated alkanes) is 1. The molecule has 3 rings (SSSR count). The van der Waals surface area contributed by atoms with E-state index in [1.807, 2.05) is 18.2 Å². The average molecular weight is 625 g/mol. The van der Waals surface area contributed by atoms with Gasteiger partial charge in [0.25, 0.3) is 0 Å². The number of fused-ring (bicyclic) bond motifs is 1. The van der Waals surface area contributed by atoms with Crippen molar-refractivity contribution in [1.29, 1.82) is 0 Å². The number of carboxylic acid groups (broad SMARTS) is 2. The number of aromatic hydroxyl groups is 1. The summed E-state index contributed by atoms with van der Waals surface area (Å²) in [5.74, 6) is -4.81. The Bertz CT molecular complexity index is 1470. The summed E-state index contributed by atoms with van der Waals surface area (Å²) in [6.07, 6.45) is 2.37. The lowest BCUT2D eigenvalue weighted by molar-refractivity contribution is -0.143. The molecule has 14 heteroatoms. The van der Waals surface area contributed by atoms with E-state index in [0.29, 0.717) is 36.9 Å². The van der Waals surface area contributed by atoms with Gasteiger partial charge in [-0.15, -0.1) is 0 Å². The third-order valence-corrected chi connectivity index (χ3v) is 7.31. The quantitative estimate of drug-likeness (QED) is 0.0887. The molecule has 11 N–H and O–H groups in total. The van der Waals surface area contributed by atoms with E-state index in [4.69, 9.17) is 16.6 Å². The number of amides is 3. The van der Waals surface area contributed by atoms with Crippen LogP contribution in [0, 0.1) is 0 Å². The molecule has 3 amide bonds. The number of nitrogens with one attached hydrogen (secondary N) is 4. The van der Waals surface area contributed by atoms with Gasteiger partial charge in [-0.2, -0.15) is 0 Å². The molecule has 0 bridgehead atoms. The number of para-hydroxylation sites is 1. The number of hydrogen-bond donors (Lipinski definition) is 9. The number of benzene rings is 2. The Labute approximate surface area is 259 Å². The first-order valence-corrected chi connectivity index (χ1v) is 14.6. The Morgan fingerprint density at radius 3 is 2.04 bits per heavy atom. The Balaban J connectivity index is 1.88. The van der Waals surface area contributed by atoms with Crippen LogP contribution in [-0.4, -0.2) is 80.7 Å². The minimum absolute atomic E-state index is 0.00877. The SMILES string of the molecule is NCCCCC(N)C(=O)NC(Cc1ccc(O)cc1)C(=O)NC(Cc1c[nH]c2ccccc12)C(=O)NC(CCC(=O)O)C(=O)O. The molecule has 0 fully saturated rings. The van der Waals surface area contributed by atoms with Crippen molar-refractivity contribution in [1.82, 2.24) is 20.9 Å². The fourth-order valence-electron chi connectivity index (χ4n) is 4.79. The number of phenols is 1. The predicted octanol–water partition coefficient (Wildman–Crippen LogP) is 0.519. The van der Waals surface area contributed by atoms with Gasteiger partial charge in [-0.1, -0.05) is 36.8 Å². The molecule has 2 aromatic carbocycles. The zero-order valence-corrected chi connectivity index (χ0v) is 24.7. The molecule has 14 nitrogen and oxygen atoms in total. The molecule has 0 spiro atoms. The molecule has 1 aromatic heterocycles. The summed E-state index contributed by atoms with van der Waals surface area (Å²) in [5.41, 5.74) is 13.6. The molecular formula is C31H40N6O8. The Hall–Kier alpha value is -4.95. The van der Waals surface area contributed by atoms with Crippen molar-refractivity contribution < 1.29 is 39.3 Å². The molecule has 4 unspecified atom stereocenters. The number of carbonyl (C=O) groups is 5. The summed E-state index contributed by atoms with van der Waals surface area (Å²) in [4.78, 5) is 66.2. The van der Waals surface area contributed by atoms with Crippen LogP contribution in [0.5, 0.6) is 5.75 Å². The first-order chi connectivity index (χ1) is 21.5. The van der Waals surface area contributed by atoms with Crippen LogP contribution in [0.3, 0.4) is 0 Å². The van der Waals surface area contributed by atoms with Gasteiger partial charge in [0.2, 0.25) is 17.7 Å². The minimum atomic E-state index is -1.52. The Morgan fingerprint density at radius 1 is 0.778 bits per heavy atom. The molecule has 0 aliphatic heterocycles. The van der Waals surface area contributed by atoms with E-state index in [0.717, 1.165) is 10.9 Å². The fourth-order valence-corrected chi connectivity index (χ4v) is 4.79. The zero-order valence-electron chi connectivity index (χ0n) is 24.7. The fraction of sp³-hybridized carbons (Fsp3) is 0.387. The number of carboxylic acids is 2.